The van der Waals surface area contributed by atoms with Crippen LogP contribution in [0.5, 0.6) is 0 Å². The molecular weight excluding hydrogens is 260 g/mol. The number of nitrogen functional groups attached to an aromatic ring is 1. The minimum atomic E-state index is 0.186. The molecule has 3 rings (SSSR count). The molecule has 0 aliphatic heterocycles. The second-order valence-electron chi connectivity index (χ2n) is 6.66. The normalized spacial score (nSPS) is 22.0. The Labute approximate surface area is 127 Å². The zero-order valence-corrected chi connectivity index (χ0v) is 12.7. The number of hydrogen-bond acceptors (Lipinski definition) is 2. The van der Waals surface area contributed by atoms with Crippen LogP contribution in [0.4, 0.5) is 5.69 Å². The highest BCUT2D eigenvalue weighted by molar-refractivity contribution is 5.76. The number of nitrogens with one attached hydrogen (secondary N) is 1. The van der Waals surface area contributed by atoms with Crippen molar-refractivity contribution in [1.29, 1.82) is 0 Å². The molecule has 1 saturated carbocycles. The zero-order chi connectivity index (χ0) is 14.7. The summed E-state index contributed by atoms with van der Waals surface area (Å²) >= 11 is 0. The summed E-state index contributed by atoms with van der Waals surface area (Å²) in [6.07, 6.45) is 10.3. The molecule has 21 heavy (non-hydrogen) atoms. The van der Waals surface area contributed by atoms with Crippen molar-refractivity contribution in [2.75, 3.05) is 5.73 Å². The summed E-state index contributed by atoms with van der Waals surface area (Å²) in [5, 5.41) is 3.24. The van der Waals surface area contributed by atoms with Crippen LogP contribution in [-0.4, -0.2) is 5.91 Å². The molecule has 114 valence electrons. The summed E-state index contributed by atoms with van der Waals surface area (Å²) in [6.45, 7) is 0. The molecule has 1 fully saturated rings. The minimum Gasteiger partial charge on any atom is -0.399 e. The average molecular weight is 286 g/mol. The van der Waals surface area contributed by atoms with E-state index in [1.807, 2.05) is 6.07 Å². The molecule has 1 unspecified atom stereocenters. The van der Waals surface area contributed by atoms with E-state index in [4.69, 9.17) is 5.73 Å². The van der Waals surface area contributed by atoms with Gasteiger partial charge in [0.1, 0.15) is 0 Å². The number of amides is 1. The lowest BCUT2D eigenvalue weighted by molar-refractivity contribution is -0.122. The maximum absolute atomic E-state index is 12.2. The van der Waals surface area contributed by atoms with Crippen LogP contribution in [0.1, 0.15) is 68.5 Å². The van der Waals surface area contributed by atoms with Crippen LogP contribution in [0.3, 0.4) is 0 Å². The second-order valence-corrected chi connectivity index (χ2v) is 6.66. The van der Waals surface area contributed by atoms with E-state index in [0.717, 1.165) is 37.3 Å². The van der Waals surface area contributed by atoms with Gasteiger partial charge in [-0.2, -0.15) is 0 Å². The van der Waals surface area contributed by atoms with E-state index >= 15 is 0 Å². The SMILES string of the molecule is Nc1ccc2c(c1)CCCC2NC(=O)CCC1CCCC1. The molecule has 0 radical (unpaired) electrons. The van der Waals surface area contributed by atoms with Gasteiger partial charge in [0.25, 0.3) is 0 Å². The van der Waals surface area contributed by atoms with E-state index in [-0.39, 0.29) is 11.9 Å². The number of hydrogen-bond donors (Lipinski definition) is 2. The van der Waals surface area contributed by atoms with Gasteiger partial charge in [-0.3, -0.25) is 4.79 Å². The smallest absolute Gasteiger partial charge is 0.220 e. The van der Waals surface area contributed by atoms with Crippen molar-refractivity contribution in [3.05, 3.63) is 29.3 Å². The molecule has 0 spiro atoms. The predicted octanol–water partition coefficient (Wildman–Crippen LogP) is 3.73. The number of rotatable bonds is 4. The first-order chi connectivity index (χ1) is 10.2. The van der Waals surface area contributed by atoms with E-state index in [0.29, 0.717) is 6.42 Å². The van der Waals surface area contributed by atoms with Crippen LogP contribution in [0.2, 0.25) is 0 Å². The third kappa shape index (κ3) is 3.58. The molecule has 0 heterocycles. The Balaban J connectivity index is 1.56. The maximum Gasteiger partial charge on any atom is 0.220 e. The van der Waals surface area contributed by atoms with Gasteiger partial charge in [0.15, 0.2) is 0 Å². The van der Waals surface area contributed by atoms with Crippen LogP contribution in [0, 0.1) is 5.92 Å². The molecule has 0 aromatic heterocycles. The number of benzene rings is 1. The Kier molecular flexibility index (Phi) is 4.47. The standard InChI is InChI=1S/C18H26N2O/c19-15-9-10-16-14(12-15)6-3-7-17(16)20-18(21)11-8-13-4-1-2-5-13/h9-10,12-13,17H,1-8,11,19H2,(H,20,21). The van der Waals surface area contributed by atoms with Crippen LogP contribution in [0.25, 0.3) is 0 Å². The van der Waals surface area contributed by atoms with E-state index in [9.17, 15) is 4.79 Å². The Morgan fingerprint density at radius 1 is 1.19 bits per heavy atom. The minimum absolute atomic E-state index is 0.186. The predicted molar refractivity (Wildman–Crippen MR) is 85.9 cm³/mol. The first-order valence-electron chi connectivity index (χ1n) is 8.40. The van der Waals surface area contributed by atoms with Gasteiger partial charge in [-0.15, -0.1) is 0 Å². The van der Waals surface area contributed by atoms with Crippen molar-refractivity contribution < 1.29 is 4.79 Å². The van der Waals surface area contributed by atoms with Crippen molar-refractivity contribution >= 4 is 11.6 Å². The molecule has 3 heteroatoms. The number of carbonyl (C=O) groups excluding carboxylic acids is 1. The molecule has 1 amide bonds. The third-order valence-corrected chi connectivity index (χ3v) is 5.07. The summed E-state index contributed by atoms with van der Waals surface area (Å²) < 4.78 is 0. The average Bonchev–Trinajstić information content (AvgIpc) is 2.98. The summed E-state index contributed by atoms with van der Waals surface area (Å²) in [7, 11) is 0. The van der Waals surface area contributed by atoms with Gasteiger partial charge in [0.2, 0.25) is 5.91 Å². The Bertz CT molecular complexity index is 506. The van der Waals surface area contributed by atoms with Gasteiger partial charge in [-0.05, 0) is 54.9 Å². The Morgan fingerprint density at radius 2 is 2.00 bits per heavy atom. The molecule has 0 saturated heterocycles. The quantitative estimate of drug-likeness (QED) is 0.829. The molecule has 0 bridgehead atoms. The summed E-state index contributed by atoms with van der Waals surface area (Å²) in [5.41, 5.74) is 9.26. The van der Waals surface area contributed by atoms with Gasteiger partial charge in [0, 0.05) is 12.1 Å². The number of carbonyl (C=O) groups is 1. The van der Waals surface area contributed by atoms with Crippen molar-refractivity contribution in [3.63, 3.8) is 0 Å². The number of fused-ring (bicyclic) bond motifs is 1. The highest BCUT2D eigenvalue weighted by Crippen LogP contribution is 2.32. The van der Waals surface area contributed by atoms with E-state index in [1.54, 1.807) is 0 Å². The molecule has 3 nitrogen and oxygen atoms in total. The van der Waals surface area contributed by atoms with Gasteiger partial charge < -0.3 is 11.1 Å². The van der Waals surface area contributed by atoms with Crippen LogP contribution in [-0.2, 0) is 11.2 Å². The molecule has 1 aromatic rings. The van der Waals surface area contributed by atoms with Gasteiger partial charge in [-0.1, -0.05) is 31.7 Å². The fourth-order valence-electron chi connectivity index (χ4n) is 3.88. The third-order valence-electron chi connectivity index (χ3n) is 5.07. The Hall–Kier alpha value is -1.51. The van der Waals surface area contributed by atoms with E-state index in [1.165, 1.54) is 36.8 Å². The molecule has 2 aliphatic rings. The monoisotopic (exact) mass is 286 g/mol. The highest BCUT2D eigenvalue weighted by Gasteiger charge is 2.22. The largest absolute Gasteiger partial charge is 0.399 e. The van der Waals surface area contributed by atoms with Gasteiger partial charge in [0.05, 0.1) is 6.04 Å². The lowest BCUT2D eigenvalue weighted by Crippen LogP contribution is -2.31. The first-order valence-corrected chi connectivity index (χ1v) is 8.40. The molecule has 2 aliphatic carbocycles. The summed E-state index contributed by atoms with van der Waals surface area (Å²) in [5.74, 6) is 1.01. The van der Waals surface area contributed by atoms with Crippen molar-refractivity contribution in [2.24, 2.45) is 5.92 Å². The van der Waals surface area contributed by atoms with Crippen molar-refractivity contribution in [2.45, 2.75) is 63.8 Å². The van der Waals surface area contributed by atoms with E-state index in [2.05, 4.69) is 17.4 Å². The first kappa shape index (κ1) is 14.4. The molecule has 1 aromatic carbocycles. The lowest BCUT2D eigenvalue weighted by Gasteiger charge is -2.27. The van der Waals surface area contributed by atoms with Crippen LogP contribution >= 0.6 is 0 Å². The van der Waals surface area contributed by atoms with Crippen LogP contribution in [0.15, 0.2) is 18.2 Å². The van der Waals surface area contributed by atoms with E-state index < -0.39 is 0 Å². The fourth-order valence-corrected chi connectivity index (χ4v) is 3.88. The maximum atomic E-state index is 12.2. The Morgan fingerprint density at radius 3 is 2.81 bits per heavy atom. The highest BCUT2D eigenvalue weighted by atomic mass is 16.1. The van der Waals surface area contributed by atoms with Gasteiger partial charge >= 0.3 is 0 Å². The lowest BCUT2D eigenvalue weighted by atomic mass is 9.87. The summed E-state index contributed by atoms with van der Waals surface area (Å²) in [6, 6.07) is 6.28. The van der Waals surface area contributed by atoms with Crippen LogP contribution < -0.4 is 11.1 Å². The second kappa shape index (κ2) is 6.50. The summed E-state index contributed by atoms with van der Waals surface area (Å²) in [4.78, 5) is 12.2. The van der Waals surface area contributed by atoms with Gasteiger partial charge in [-0.25, -0.2) is 0 Å². The number of nitrogens with two attached hydrogens (primary N) is 1. The number of aryl methyl sites for hydroxylation is 1. The molecule has 3 N–H and O–H groups in total. The molecular formula is C18H26N2O. The zero-order valence-electron chi connectivity index (χ0n) is 12.7. The molecule has 1 atom stereocenters. The van der Waals surface area contributed by atoms with Crippen molar-refractivity contribution in [3.8, 4) is 0 Å². The number of anilines is 1. The van der Waals surface area contributed by atoms with Crippen molar-refractivity contribution in [1.82, 2.24) is 5.32 Å². The topological polar surface area (TPSA) is 55.1 Å². The fraction of sp³-hybridized carbons (Fsp3) is 0.611.